The van der Waals surface area contributed by atoms with E-state index < -0.39 is 9.84 Å². The van der Waals surface area contributed by atoms with Gasteiger partial charge in [-0.15, -0.1) is 0 Å². The van der Waals surface area contributed by atoms with Gasteiger partial charge in [-0.25, -0.2) is 8.42 Å². The van der Waals surface area contributed by atoms with E-state index in [1.807, 2.05) is 18.2 Å². The molecule has 0 aliphatic rings. The van der Waals surface area contributed by atoms with Crippen LogP contribution in [0.15, 0.2) is 28.7 Å². The SMILES string of the molecule is CCS(=O)(=O)Cc1cc2cc(CN)ccc2o1. The molecule has 4 nitrogen and oxygen atoms in total. The third kappa shape index (κ3) is 2.68. The van der Waals surface area contributed by atoms with Gasteiger partial charge >= 0.3 is 0 Å². The van der Waals surface area contributed by atoms with Gasteiger partial charge in [0.05, 0.1) is 0 Å². The molecule has 0 aliphatic heterocycles. The molecule has 1 heterocycles. The van der Waals surface area contributed by atoms with Gasteiger partial charge in [0.25, 0.3) is 0 Å². The average Bonchev–Trinajstić information content (AvgIpc) is 2.68. The predicted molar refractivity (Wildman–Crippen MR) is 67.3 cm³/mol. The first-order chi connectivity index (χ1) is 8.04. The highest BCUT2D eigenvalue weighted by Gasteiger charge is 2.13. The topological polar surface area (TPSA) is 73.3 Å². The molecule has 0 saturated heterocycles. The number of furan rings is 1. The van der Waals surface area contributed by atoms with Crippen molar-refractivity contribution < 1.29 is 12.8 Å². The molecular weight excluding hydrogens is 238 g/mol. The fraction of sp³-hybridized carbons (Fsp3) is 0.333. The van der Waals surface area contributed by atoms with Gasteiger partial charge in [-0.05, 0) is 23.8 Å². The zero-order chi connectivity index (χ0) is 12.5. The Balaban J connectivity index is 2.38. The Morgan fingerprint density at radius 1 is 1.29 bits per heavy atom. The molecule has 0 spiro atoms. The van der Waals surface area contributed by atoms with Gasteiger partial charge in [-0.1, -0.05) is 13.0 Å². The van der Waals surface area contributed by atoms with Crippen LogP contribution in [-0.2, 0) is 22.1 Å². The Bertz CT molecular complexity index is 628. The normalized spacial score (nSPS) is 12.1. The quantitative estimate of drug-likeness (QED) is 0.902. The summed E-state index contributed by atoms with van der Waals surface area (Å²) in [6, 6.07) is 7.38. The van der Waals surface area contributed by atoms with Crippen molar-refractivity contribution in [2.75, 3.05) is 5.75 Å². The van der Waals surface area contributed by atoms with Crippen LogP contribution in [0.3, 0.4) is 0 Å². The number of hydrogen-bond donors (Lipinski definition) is 1. The van der Waals surface area contributed by atoms with E-state index in [4.69, 9.17) is 10.2 Å². The smallest absolute Gasteiger partial charge is 0.157 e. The van der Waals surface area contributed by atoms with Gasteiger partial charge in [0.2, 0.25) is 0 Å². The summed E-state index contributed by atoms with van der Waals surface area (Å²) in [5, 5.41) is 0.897. The van der Waals surface area contributed by atoms with Gasteiger partial charge in [-0.2, -0.15) is 0 Å². The van der Waals surface area contributed by atoms with E-state index in [9.17, 15) is 8.42 Å². The Hall–Kier alpha value is -1.33. The Kier molecular flexibility index (Phi) is 3.22. The van der Waals surface area contributed by atoms with Crippen molar-refractivity contribution in [3.05, 3.63) is 35.6 Å². The molecule has 17 heavy (non-hydrogen) atoms. The van der Waals surface area contributed by atoms with Crippen molar-refractivity contribution in [2.45, 2.75) is 19.2 Å². The van der Waals surface area contributed by atoms with Crippen molar-refractivity contribution in [3.63, 3.8) is 0 Å². The second-order valence-electron chi connectivity index (χ2n) is 3.97. The second-order valence-corrected chi connectivity index (χ2v) is 6.32. The Morgan fingerprint density at radius 3 is 2.71 bits per heavy atom. The van der Waals surface area contributed by atoms with Crippen molar-refractivity contribution in [1.29, 1.82) is 0 Å². The number of sulfone groups is 1. The number of nitrogens with two attached hydrogens (primary N) is 1. The van der Waals surface area contributed by atoms with Crippen LogP contribution >= 0.6 is 0 Å². The lowest BCUT2D eigenvalue weighted by Gasteiger charge is -1.96. The summed E-state index contributed by atoms with van der Waals surface area (Å²) in [5.74, 6) is 0.560. The van der Waals surface area contributed by atoms with E-state index in [-0.39, 0.29) is 11.5 Å². The van der Waals surface area contributed by atoms with Crippen molar-refractivity contribution in [1.82, 2.24) is 0 Å². The maximum Gasteiger partial charge on any atom is 0.157 e. The molecule has 1 aromatic carbocycles. The molecule has 1 aromatic heterocycles. The summed E-state index contributed by atoms with van der Waals surface area (Å²) in [7, 11) is -3.05. The summed E-state index contributed by atoms with van der Waals surface area (Å²) in [4.78, 5) is 0. The first kappa shape index (κ1) is 12.1. The Labute approximate surface area is 100 Å². The molecule has 0 unspecified atom stereocenters. The number of hydrogen-bond acceptors (Lipinski definition) is 4. The molecule has 5 heteroatoms. The standard InChI is InChI=1S/C12H15NO3S/c1-2-17(14,15)8-11-6-10-5-9(7-13)3-4-12(10)16-11/h3-6H,2,7-8,13H2,1H3. The second kappa shape index (κ2) is 4.50. The van der Waals surface area contributed by atoms with Crippen LogP contribution in [0.4, 0.5) is 0 Å². The predicted octanol–water partition coefficient (Wildman–Crippen LogP) is 1.83. The number of fused-ring (bicyclic) bond motifs is 1. The van der Waals surface area contributed by atoms with E-state index in [1.54, 1.807) is 13.0 Å². The lowest BCUT2D eigenvalue weighted by molar-refractivity contribution is 0.555. The molecule has 2 aromatic rings. The summed E-state index contributed by atoms with van der Waals surface area (Å²) in [6.45, 7) is 2.09. The maximum absolute atomic E-state index is 11.5. The first-order valence-corrected chi connectivity index (χ1v) is 7.28. The zero-order valence-corrected chi connectivity index (χ0v) is 10.5. The Morgan fingerprint density at radius 2 is 2.06 bits per heavy atom. The molecule has 2 rings (SSSR count). The largest absolute Gasteiger partial charge is 0.460 e. The molecule has 0 fully saturated rings. The molecule has 0 aliphatic carbocycles. The van der Waals surface area contributed by atoms with Crippen molar-refractivity contribution in [3.8, 4) is 0 Å². The van der Waals surface area contributed by atoms with Gasteiger partial charge in [0, 0.05) is 17.7 Å². The van der Waals surface area contributed by atoms with Crippen molar-refractivity contribution in [2.24, 2.45) is 5.73 Å². The van der Waals surface area contributed by atoms with Crippen LogP contribution in [0.1, 0.15) is 18.2 Å². The number of benzene rings is 1. The average molecular weight is 253 g/mol. The summed E-state index contributed by atoms with van der Waals surface area (Å²) >= 11 is 0. The van der Waals surface area contributed by atoms with Gasteiger partial charge in [-0.3, -0.25) is 0 Å². The fourth-order valence-corrected chi connectivity index (χ4v) is 2.44. The van der Waals surface area contributed by atoms with E-state index in [2.05, 4.69) is 0 Å². The number of rotatable bonds is 4. The minimum absolute atomic E-state index is 0.0455. The van der Waals surface area contributed by atoms with Crippen molar-refractivity contribution >= 4 is 20.8 Å². The highest BCUT2D eigenvalue weighted by atomic mass is 32.2. The molecular formula is C12H15NO3S. The van der Waals surface area contributed by atoms with Crippen LogP contribution in [0.25, 0.3) is 11.0 Å². The molecule has 0 radical (unpaired) electrons. The third-order valence-electron chi connectivity index (χ3n) is 2.67. The lowest BCUT2D eigenvalue weighted by atomic mass is 10.1. The molecule has 0 saturated carbocycles. The fourth-order valence-electron chi connectivity index (χ4n) is 1.66. The first-order valence-electron chi connectivity index (χ1n) is 5.46. The summed E-state index contributed by atoms with van der Waals surface area (Å²) in [6.07, 6.45) is 0. The van der Waals surface area contributed by atoms with E-state index in [1.165, 1.54) is 0 Å². The lowest BCUT2D eigenvalue weighted by Crippen LogP contribution is -2.05. The zero-order valence-electron chi connectivity index (χ0n) is 9.64. The minimum atomic E-state index is -3.05. The summed E-state index contributed by atoms with van der Waals surface area (Å²) < 4.78 is 28.5. The minimum Gasteiger partial charge on any atom is -0.460 e. The van der Waals surface area contributed by atoms with Crippen LogP contribution in [-0.4, -0.2) is 14.2 Å². The van der Waals surface area contributed by atoms with Crippen LogP contribution in [0.2, 0.25) is 0 Å². The van der Waals surface area contributed by atoms with Crippen LogP contribution in [0, 0.1) is 0 Å². The molecule has 0 atom stereocenters. The molecule has 0 amide bonds. The van der Waals surface area contributed by atoms with E-state index in [0.717, 1.165) is 10.9 Å². The molecule has 0 bridgehead atoms. The highest BCUT2D eigenvalue weighted by Crippen LogP contribution is 2.22. The maximum atomic E-state index is 11.5. The van der Waals surface area contributed by atoms with Gasteiger partial charge in [0.15, 0.2) is 9.84 Å². The highest BCUT2D eigenvalue weighted by molar-refractivity contribution is 7.90. The van der Waals surface area contributed by atoms with E-state index >= 15 is 0 Å². The monoisotopic (exact) mass is 253 g/mol. The third-order valence-corrected chi connectivity index (χ3v) is 4.27. The van der Waals surface area contributed by atoms with Crippen LogP contribution in [0.5, 0.6) is 0 Å². The van der Waals surface area contributed by atoms with Crippen LogP contribution < -0.4 is 5.73 Å². The van der Waals surface area contributed by atoms with Gasteiger partial charge < -0.3 is 10.2 Å². The van der Waals surface area contributed by atoms with E-state index in [0.29, 0.717) is 17.9 Å². The molecule has 92 valence electrons. The molecule has 2 N–H and O–H groups in total. The van der Waals surface area contributed by atoms with Gasteiger partial charge in [0.1, 0.15) is 17.1 Å². The summed E-state index contributed by atoms with van der Waals surface area (Å²) in [5.41, 5.74) is 7.25.